The number of amides is 1. The van der Waals surface area contributed by atoms with Crippen LogP contribution in [-0.2, 0) is 17.5 Å². The highest BCUT2D eigenvalue weighted by molar-refractivity contribution is 6.32. The minimum Gasteiger partial charge on any atom is -0.487 e. The predicted molar refractivity (Wildman–Crippen MR) is 155 cm³/mol. The van der Waals surface area contributed by atoms with Crippen LogP contribution in [0.15, 0.2) is 66.9 Å². The summed E-state index contributed by atoms with van der Waals surface area (Å²) in [5.74, 6) is -1.37. The number of benzene rings is 2. The molecule has 0 saturated carbocycles. The van der Waals surface area contributed by atoms with Crippen molar-refractivity contribution in [3.05, 3.63) is 94.3 Å². The van der Waals surface area contributed by atoms with Crippen LogP contribution < -0.4 is 4.74 Å². The zero-order valence-corrected chi connectivity index (χ0v) is 24.3. The number of likely N-dealkylation sites (tertiary alicyclic amines) is 1. The monoisotopic (exact) mass is 628 g/mol. The van der Waals surface area contributed by atoms with Crippen LogP contribution in [0, 0.1) is 0 Å². The maximum absolute atomic E-state index is 13.8. The van der Waals surface area contributed by atoms with Gasteiger partial charge in [-0.15, -0.1) is 0 Å². The average molecular weight is 629 g/mol. The molecular weight excluding hydrogens is 601 g/mol. The summed E-state index contributed by atoms with van der Waals surface area (Å²) >= 11 is 6.48. The third kappa shape index (κ3) is 6.65. The zero-order chi connectivity index (χ0) is 31.4. The number of nitrogens with zero attached hydrogens (tertiary/aromatic N) is 4. The van der Waals surface area contributed by atoms with Crippen molar-refractivity contribution in [2.45, 2.75) is 38.5 Å². The summed E-state index contributed by atoms with van der Waals surface area (Å²) < 4.78 is 53.0. The van der Waals surface area contributed by atoms with E-state index in [4.69, 9.17) is 21.1 Å². The predicted octanol–water partition coefficient (Wildman–Crippen LogP) is 7.22. The van der Waals surface area contributed by atoms with Crippen LogP contribution in [0.2, 0.25) is 5.02 Å². The standard InChI is InChI=1S/C31H28ClF3N4O5/c1-2-43-30(42)38-15-13-21(14-16-38)20-11-9-19(10-12-20)18-44-27-22(5-3-6-24(27)32)25-7-4-8-26(37-25)39-28(31(33,34)35)23(17-36-39)29(40)41/h3-12,17,21H,2,13-16,18H2,1H3,(H,40,41). The van der Waals surface area contributed by atoms with Crippen molar-refractivity contribution in [2.75, 3.05) is 19.7 Å². The van der Waals surface area contributed by atoms with Gasteiger partial charge in [-0.05, 0) is 61.1 Å². The second-order valence-electron chi connectivity index (χ2n) is 10.1. The van der Waals surface area contributed by atoms with E-state index in [0.29, 0.717) is 42.1 Å². The van der Waals surface area contributed by atoms with Gasteiger partial charge in [-0.25, -0.2) is 19.3 Å². The lowest BCUT2D eigenvalue weighted by Crippen LogP contribution is -2.38. The lowest BCUT2D eigenvalue weighted by molar-refractivity contribution is -0.143. The van der Waals surface area contributed by atoms with E-state index in [9.17, 15) is 27.9 Å². The van der Waals surface area contributed by atoms with Crippen molar-refractivity contribution in [3.63, 3.8) is 0 Å². The number of hydrogen-bond acceptors (Lipinski definition) is 6. The summed E-state index contributed by atoms with van der Waals surface area (Å²) in [7, 11) is 0. The number of pyridine rings is 1. The zero-order valence-electron chi connectivity index (χ0n) is 23.6. The largest absolute Gasteiger partial charge is 0.487 e. The van der Waals surface area contributed by atoms with Crippen molar-refractivity contribution >= 4 is 23.7 Å². The van der Waals surface area contributed by atoms with Crippen LogP contribution in [0.1, 0.15) is 52.9 Å². The van der Waals surface area contributed by atoms with Gasteiger partial charge in [0.05, 0.1) is 23.5 Å². The molecule has 0 atom stereocenters. The average Bonchev–Trinajstić information content (AvgIpc) is 3.48. The van der Waals surface area contributed by atoms with Crippen LogP contribution in [-0.4, -0.2) is 56.5 Å². The van der Waals surface area contributed by atoms with Gasteiger partial charge >= 0.3 is 18.2 Å². The van der Waals surface area contributed by atoms with E-state index in [0.717, 1.165) is 18.4 Å². The van der Waals surface area contributed by atoms with Gasteiger partial charge < -0.3 is 19.5 Å². The first kappa shape index (κ1) is 30.9. The number of ether oxygens (including phenoxy) is 2. The third-order valence-electron chi connectivity index (χ3n) is 7.32. The normalized spacial score (nSPS) is 14.0. The first-order valence-corrected chi connectivity index (χ1v) is 14.2. The highest BCUT2D eigenvalue weighted by Gasteiger charge is 2.41. The Kier molecular flexibility index (Phi) is 9.09. The van der Waals surface area contributed by atoms with Crippen molar-refractivity contribution in [1.29, 1.82) is 0 Å². The fourth-order valence-corrected chi connectivity index (χ4v) is 5.38. The molecule has 0 spiro atoms. The second kappa shape index (κ2) is 13.0. The minimum absolute atomic E-state index is 0.164. The Hall–Kier alpha value is -4.58. The van der Waals surface area contributed by atoms with E-state index >= 15 is 0 Å². The maximum atomic E-state index is 13.8. The van der Waals surface area contributed by atoms with E-state index in [1.165, 1.54) is 17.7 Å². The quantitative estimate of drug-likeness (QED) is 0.220. The molecule has 1 amide bonds. The molecule has 0 unspecified atom stereocenters. The molecule has 2 aromatic carbocycles. The van der Waals surface area contributed by atoms with E-state index in [1.54, 1.807) is 36.1 Å². The van der Waals surface area contributed by atoms with Crippen LogP contribution >= 0.6 is 11.6 Å². The number of carbonyl (C=O) groups excluding carboxylic acids is 1. The van der Waals surface area contributed by atoms with Crippen LogP contribution in [0.5, 0.6) is 5.75 Å². The van der Waals surface area contributed by atoms with Gasteiger partial charge in [0.15, 0.2) is 11.5 Å². The summed E-state index contributed by atoms with van der Waals surface area (Å²) in [5, 5.41) is 13.2. The lowest BCUT2D eigenvalue weighted by Gasteiger charge is -2.31. The number of para-hydroxylation sites is 1. The Morgan fingerprint density at radius 1 is 1.05 bits per heavy atom. The molecule has 2 aromatic heterocycles. The molecule has 9 nitrogen and oxygen atoms in total. The van der Waals surface area contributed by atoms with Gasteiger partial charge in [-0.1, -0.05) is 48.0 Å². The molecule has 13 heteroatoms. The van der Waals surface area contributed by atoms with Gasteiger partial charge in [0.1, 0.15) is 17.9 Å². The van der Waals surface area contributed by atoms with E-state index in [1.807, 2.05) is 24.3 Å². The molecule has 1 aliphatic rings. The molecule has 0 aliphatic carbocycles. The van der Waals surface area contributed by atoms with Crippen LogP contribution in [0.3, 0.4) is 0 Å². The van der Waals surface area contributed by atoms with Gasteiger partial charge in [0, 0.05) is 18.7 Å². The summed E-state index contributed by atoms with van der Waals surface area (Å²) in [6.07, 6.45) is -2.94. The molecule has 0 radical (unpaired) electrons. The fraction of sp³-hybridized carbons (Fsp3) is 0.290. The Balaban J connectivity index is 1.33. The Morgan fingerprint density at radius 2 is 1.75 bits per heavy atom. The van der Waals surface area contributed by atoms with E-state index < -0.39 is 23.4 Å². The third-order valence-corrected chi connectivity index (χ3v) is 7.62. The number of piperidine rings is 1. The van der Waals surface area contributed by atoms with Crippen LogP contribution in [0.25, 0.3) is 17.1 Å². The molecule has 3 heterocycles. The Bertz CT molecular complexity index is 1650. The lowest BCUT2D eigenvalue weighted by atomic mass is 9.89. The molecular formula is C31H28ClF3N4O5. The first-order valence-electron chi connectivity index (χ1n) is 13.8. The smallest absolute Gasteiger partial charge is 0.434 e. The highest BCUT2D eigenvalue weighted by Crippen LogP contribution is 2.38. The number of alkyl halides is 3. The van der Waals surface area contributed by atoms with Gasteiger partial charge in [0.25, 0.3) is 0 Å². The molecule has 5 rings (SSSR count). The molecule has 1 aliphatic heterocycles. The number of hydrogen-bond donors (Lipinski definition) is 1. The van der Waals surface area contributed by atoms with Crippen molar-refractivity contribution in [2.24, 2.45) is 0 Å². The number of aromatic carboxylic acids is 1. The molecule has 44 heavy (non-hydrogen) atoms. The van der Waals surface area contributed by atoms with Crippen molar-refractivity contribution < 1.29 is 37.3 Å². The van der Waals surface area contributed by atoms with E-state index in [-0.39, 0.29) is 35.0 Å². The number of aromatic nitrogens is 3. The molecule has 4 aromatic rings. The van der Waals surface area contributed by atoms with Gasteiger partial charge in [-0.2, -0.15) is 18.3 Å². The number of rotatable bonds is 8. The number of carboxylic acids is 1. The summed E-state index contributed by atoms with van der Waals surface area (Å²) in [6, 6.07) is 17.3. The summed E-state index contributed by atoms with van der Waals surface area (Å²) in [4.78, 5) is 29.5. The van der Waals surface area contributed by atoms with Gasteiger partial charge in [0.2, 0.25) is 0 Å². The SMILES string of the molecule is CCOC(=O)N1CCC(c2ccc(COc3c(Cl)cccc3-c3cccc(-n4ncc(C(=O)O)c4C(F)(F)F)n3)cc2)CC1. The topological polar surface area (TPSA) is 107 Å². The maximum Gasteiger partial charge on any atom is 0.434 e. The molecule has 0 bridgehead atoms. The summed E-state index contributed by atoms with van der Waals surface area (Å²) in [6.45, 7) is 3.58. The van der Waals surface area contributed by atoms with Crippen molar-refractivity contribution in [1.82, 2.24) is 19.7 Å². The van der Waals surface area contributed by atoms with Gasteiger partial charge in [-0.3, -0.25) is 0 Å². The fourth-order valence-electron chi connectivity index (χ4n) is 5.15. The summed E-state index contributed by atoms with van der Waals surface area (Å²) in [5.41, 5.74) is 0.306. The second-order valence-corrected chi connectivity index (χ2v) is 10.5. The van der Waals surface area contributed by atoms with Crippen molar-refractivity contribution in [3.8, 4) is 22.8 Å². The van der Waals surface area contributed by atoms with E-state index in [2.05, 4.69) is 10.1 Å². The Morgan fingerprint density at radius 3 is 2.41 bits per heavy atom. The first-order chi connectivity index (χ1) is 21.1. The van der Waals surface area contributed by atoms with Crippen LogP contribution in [0.4, 0.5) is 18.0 Å². The highest BCUT2D eigenvalue weighted by atomic mass is 35.5. The number of halogens is 4. The molecule has 1 fully saturated rings. The number of carboxylic acid groups (broad SMARTS) is 1. The molecule has 230 valence electrons. The minimum atomic E-state index is -4.98. The number of carbonyl (C=O) groups is 2. The molecule has 1 saturated heterocycles. The molecule has 1 N–H and O–H groups in total. The Labute approximate surface area is 255 Å².